The van der Waals surface area contributed by atoms with Gasteiger partial charge < -0.3 is 10.1 Å². The summed E-state index contributed by atoms with van der Waals surface area (Å²) in [5.74, 6) is 0.895. The summed E-state index contributed by atoms with van der Waals surface area (Å²) in [5.41, 5.74) is 2.06. The molecule has 0 aliphatic heterocycles. The van der Waals surface area contributed by atoms with Gasteiger partial charge in [-0.25, -0.2) is 0 Å². The molecule has 0 heterocycles. The summed E-state index contributed by atoms with van der Waals surface area (Å²) in [6.45, 7) is 3.47. The van der Waals surface area contributed by atoms with Crippen LogP contribution in [0.2, 0.25) is 0 Å². The summed E-state index contributed by atoms with van der Waals surface area (Å²) < 4.78 is 5.67. The minimum absolute atomic E-state index is 0.104. The molecule has 5 heteroatoms. The maximum atomic E-state index is 10.7. The second-order valence-corrected chi connectivity index (χ2v) is 5.11. The van der Waals surface area contributed by atoms with Crippen LogP contribution in [0.5, 0.6) is 5.75 Å². The number of nitrogens with one attached hydrogen (secondary N) is 1. The number of nitro benzene ring substituents is 1. The van der Waals surface area contributed by atoms with Crippen LogP contribution in [0.25, 0.3) is 0 Å². The predicted molar refractivity (Wildman–Crippen MR) is 87.5 cm³/mol. The Hall–Kier alpha value is -2.56. The first-order chi connectivity index (χ1) is 10.6. The largest absolute Gasteiger partial charge is 0.494 e. The van der Waals surface area contributed by atoms with Gasteiger partial charge in [0.15, 0.2) is 0 Å². The van der Waals surface area contributed by atoms with E-state index in [-0.39, 0.29) is 10.6 Å². The van der Waals surface area contributed by atoms with E-state index in [1.807, 2.05) is 37.3 Å². The summed E-state index contributed by atoms with van der Waals surface area (Å²) in [5, 5.41) is 13.9. The number of nitrogens with zero attached hydrogens (tertiary/aromatic N) is 1. The predicted octanol–water partition coefficient (Wildman–Crippen LogP) is 4.17. The quantitative estimate of drug-likeness (QED) is 0.451. The second kappa shape index (κ2) is 8.02. The van der Waals surface area contributed by atoms with E-state index in [2.05, 4.69) is 5.32 Å². The molecule has 0 atom stereocenters. The normalized spacial score (nSPS) is 10.2. The number of aryl methyl sites for hydroxylation is 1. The van der Waals surface area contributed by atoms with E-state index in [0.717, 1.165) is 30.8 Å². The number of hydrogen-bond acceptors (Lipinski definition) is 4. The van der Waals surface area contributed by atoms with Crippen LogP contribution >= 0.6 is 0 Å². The number of nitro groups is 1. The minimum atomic E-state index is -0.388. The standard InChI is InChI=1S/C17H20N2O3/c1-14-6-4-9-17(12-14)22-11-3-2-10-18-15-7-5-8-16(13-15)19(20)21/h4-9,12-13,18H,2-3,10-11H2,1H3. The van der Waals surface area contributed by atoms with Crippen molar-refractivity contribution in [2.75, 3.05) is 18.5 Å². The Kier molecular flexibility index (Phi) is 5.77. The van der Waals surface area contributed by atoms with E-state index in [9.17, 15) is 10.1 Å². The Morgan fingerprint density at radius 3 is 2.73 bits per heavy atom. The molecule has 0 bridgehead atoms. The molecule has 22 heavy (non-hydrogen) atoms. The Bertz CT molecular complexity index is 629. The maximum absolute atomic E-state index is 10.7. The maximum Gasteiger partial charge on any atom is 0.271 e. The fourth-order valence-electron chi connectivity index (χ4n) is 2.08. The van der Waals surface area contributed by atoms with Crippen LogP contribution in [0.1, 0.15) is 18.4 Å². The van der Waals surface area contributed by atoms with Crippen molar-refractivity contribution in [2.45, 2.75) is 19.8 Å². The average Bonchev–Trinajstić information content (AvgIpc) is 2.51. The molecular weight excluding hydrogens is 280 g/mol. The number of ether oxygens (including phenoxy) is 1. The molecule has 2 aromatic rings. The van der Waals surface area contributed by atoms with Crippen molar-refractivity contribution in [2.24, 2.45) is 0 Å². The lowest BCUT2D eigenvalue weighted by Crippen LogP contribution is -2.05. The fraction of sp³-hybridized carbons (Fsp3) is 0.294. The Morgan fingerprint density at radius 1 is 1.14 bits per heavy atom. The fourth-order valence-corrected chi connectivity index (χ4v) is 2.08. The van der Waals surface area contributed by atoms with Gasteiger partial charge in [0.1, 0.15) is 5.75 Å². The van der Waals surface area contributed by atoms with Crippen molar-refractivity contribution in [3.8, 4) is 5.75 Å². The zero-order valence-electron chi connectivity index (χ0n) is 12.6. The van der Waals surface area contributed by atoms with Gasteiger partial charge in [0.25, 0.3) is 5.69 Å². The third-order valence-corrected chi connectivity index (χ3v) is 3.22. The summed E-state index contributed by atoms with van der Waals surface area (Å²) >= 11 is 0. The molecule has 0 aliphatic carbocycles. The molecule has 2 rings (SSSR count). The van der Waals surface area contributed by atoms with Crippen LogP contribution in [0, 0.1) is 17.0 Å². The van der Waals surface area contributed by atoms with Gasteiger partial charge in [-0.3, -0.25) is 10.1 Å². The van der Waals surface area contributed by atoms with Gasteiger partial charge in [0.2, 0.25) is 0 Å². The van der Waals surface area contributed by atoms with Gasteiger partial charge >= 0.3 is 0 Å². The summed E-state index contributed by atoms with van der Waals surface area (Å²) in [7, 11) is 0. The van der Waals surface area contributed by atoms with Crippen LogP contribution < -0.4 is 10.1 Å². The SMILES string of the molecule is Cc1cccc(OCCCCNc2cccc([N+](=O)[O-])c2)c1. The lowest BCUT2D eigenvalue weighted by molar-refractivity contribution is -0.384. The van der Waals surface area contributed by atoms with Gasteiger partial charge in [-0.15, -0.1) is 0 Å². The van der Waals surface area contributed by atoms with Crippen molar-refractivity contribution < 1.29 is 9.66 Å². The van der Waals surface area contributed by atoms with E-state index in [1.165, 1.54) is 11.6 Å². The molecular formula is C17H20N2O3. The van der Waals surface area contributed by atoms with E-state index >= 15 is 0 Å². The molecule has 0 aromatic heterocycles. The van der Waals surface area contributed by atoms with Gasteiger partial charge in [-0.1, -0.05) is 18.2 Å². The van der Waals surface area contributed by atoms with Crippen molar-refractivity contribution >= 4 is 11.4 Å². The molecule has 0 saturated carbocycles. The van der Waals surface area contributed by atoms with Crippen molar-refractivity contribution in [1.29, 1.82) is 0 Å². The summed E-state index contributed by atoms with van der Waals surface area (Å²) in [6, 6.07) is 14.5. The van der Waals surface area contributed by atoms with E-state index in [4.69, 9.17) is 4.74 Å². The van der Waals surface area contributed by atoms with Crippen molar-refractivity contribution in [1.82, 2.24) is 0 Å². The molecule has 5 nitrogen and oxygen atoms in total. The van der Waals surface area contributed by atoms with Crippen LogP contribution in [-0.4, -0.2) is 18.1 Å². The van der Waals surface area contributed by atoms with Crippen LogP contribution in [0.4, 0.5) is 11.4 Å². The third-order valence-electron chi connectivity index (χ3n) is 3.22. The molecule has 0 amide bonds. The van der Waals surface area contributed by atoms with Gasteiger partial charge in [-0.2, -0.15) is 0 Å². The van der Waals surface area contributed by atoms with E-state index in [0.29, 0.717) is 6.61 Å². The number of non-ortho nitro benzene ring substituents is 1. The number of rotatable bonds is 8. The second-order valence-electron chi connectivity index (χ2n) is 5.11. The zero-order chi connectivity index (χ0) is 15.8. The lowest BCUT2D eigenvalue weighted by atomic mass is 10.2. The third kappa shape index (κ3) is 5.09. The Labute approximate surface area is 130 Å². The van der Waals surface area contributed by atoms with Gasteiger partial charge in [-0.05, 0) is 43.5 Å². The number of benzene rings is 2. The zero-order valence-corrected chi connectivity index (χ0v) is 12.6. The first-order valence-corrected chi connectivity index (χ1v) is 7.33. The smallest absolute Gasteiger partial charge is 0.271 e. The Morgan fingerprint density at radius 2 is 1.95 bits per heavy atom. The van der Waals surface area contributed by atoms with Gasteiger partial charge in [0, 0.05) is 24.4 Å². The minimum Gasteiger partial charge on any atom is -0.494 e. The van der Waals surface area contributed by atoms with Crippen LogP contribution in [0.15, 0.2) is 48.5 Å². The summed E-state index contributed by atoms with van der Waals surface area (Å²) in [6.07, 6.45) is 1.87. The van der Waals surface area contributed by atoms with E-state index < -0.39 is 0 Å². The van der Waals surface area contributed by atoms with Crippen LogP contribution in [0.3, 0.4) is 0 Å². The molecule has 0 spiro atoms. The molecule has 0 unspecified atom stereocenters. The molecule has 0 aliphatic rings. The number of hydrogen-bond donors (Lipinski definition) is 1. The molecule has 0 radical (unpaired) electrons. The highest BCUT2D eigenvalue weighted by atomic mass is 16.6. The van der Waals surface area contributed by atoms with Crippen LogP contribution in [-0.2, 0) is 0 Å². The highest BCUT2D eigenvalue weighted by Crippen LogP contribution is 2.17. The van der Waals surface area contributed by atoms with Gasteiger partial charge in [0.05, 0.1) is 11.5 Å². The van der Waals surface area contributed by atoms with E-state index in [1.54, 1.807) is 12.1 Å². The van der Waals surface area contributed by atoms with Crippen molar-refractivity contribution in [3.63, 3.8) is 0 Å². The Balaban J connectivity index is 1.65. The number of unbranched alkanes of at least 4 members (excludes halogenated alkanes) is 1. The van der Waals surface area contributed by atoms with Crippen molar-refractivity contribution in [3.05, 3.63) is 64.2 Å². The molecule has 0 saturated heterocycles. The molecule has 116 valence electrons. The topological polar surface area (TPSA) is 64.4 Å². The summed E-state index contributed by atoms with van der Waals surface area (Å²) in [4.78, 5) is 10.3. The highest BCUT2D eigenvalue weighted by molar-refractivity contribution is 5.50. The number of anilines is 1. The highest BCUT2D eigenvalue weighted by Gasteiger charge is 2.04. The average molecular weight is 300 g/mol. The molecule has 2 aromatic carbocycles. The lowest BCUT2D eigenvalue weighted by Gasteiger charge is -2.08. The molecule has 1 N–H and O–H groups in total. The first kappa shape index (κ1) is 15.8. The first-order valence-electron chi connectivity index (χ1n) is 7.33. The monoisotopic (exact) mass is 300 g/mol. The molecule has 0 fully saturated rings.